The van der Waals surface area contributed by atoms with E-state index in [1.54, 1.807) is 12.0 Å². The molecule has 2 amide bonds. The van der Waals surface area contributed by atoms with Gasteiger partial charge in [-0.05, 0) is 42.7 Å². The van der Waals surface area contributed by atoms with Crippen LogP contribution in [0, 0.1) is 11.3 Å². The summed E-state index contributed by atoms with van der Waals surface area (Å²) in [7, 11) is 1.63. The molecule has 0 saturated carbocycles. The number of amides is 2. The van der Waals surface area contributed by atoms with Gasteiger partial charge in [0.05, 0.1) is 25.6 Å². The molecular formula is C24H27N3O3. The summed E-state index contributed by atoms with van der Waals surface area (Å²) in [6, 6.07) is 19.2. The second-order valence-electron chi connectivity index (χ2n) is 7.31. The Labute approximate surface area is 177 Å². The van der Waals surface area contributed by atoms with E-state index in [0.717, 1.165) is 29.8 Å². The minimum atomic E-state index is -0.137. The van der Waals surface area contributed by atoms with Gasteiger partial charge in [-0.1, -0.05) is 30.3 Å². The third kappa shape index (κ3) is 5.18. The SMILES string of the molecule is COc1cccc(C2CCCN2C(=O)CCC(=O)N(CCC#N)c2ccccc2)c1. The first-order valence-electron chi connectivity index (χ1n) is 10.3. The van der Waals surface area contributed by atoms with Gasteiger partial charge in [-0.25, -0.2) is 0 Å². The summed E-state index contributed by atoms with van der Waals surface area (Å²) in [5.41, 5.74) is 1.81. The molecule has 2 aromatic rings. The standard InChI is InChI=1S/C24H27N3O3/c1-30-21-11-5-8-19(18-21)22-12-6-16-27(22)24(29)14-13-23(28)26(17-7-15-25)20-9-3-2-4-10-20/h2-5,8-11,18,22H,6-7,12-14,16-17H2,1H3. The number of hydrogen-bond acceptors (Lipinski definition) is 4. The molecule has 0 aromatic heterocycles. The molecule has 1 aliphatic rings. The van der Waals surface area contributed by atoms with E-state index in [0.29, 0.717) is 13.1 Å². The second-order valence-corrected chi connectivity index (χ2v) is 7.31. The number of nitrogens with zero attached hydrogens (tertiary/aromatic N) is 3. The van der Waals surface area contributed by atoms with E-state index in [4.69, 9.17) is 10.00 Å². The molecule has 30 heavy (non-hydrogen) atoms. The minimum absolute atomic E-state index is 0.0121. The van der Waals surface area contributed by atoms with Crippen LogP contribution in [-0.4, -0.2) is 36.9 Å². The minimum Gasteiger partial charge on any atom is -0.497 e. The molecule has 6 heteroatoms. The van der Waals surface area contributed by atoms with E-state index in [-0.39, 0.29) is 37.1 Å². The predicted octanol–water partition coefficient (Wildman–Crippen LogP) is 4.09. The fraction of sp³-hybridized carbons (Fsp3) is 0.375. The van der Waals surface area contributed by atoms with Crippen molar-refractivity contribution in [3.63, 3.8) is 0 Å². The van der Waals surface area contributed by atoms with Gasteiger partial charge >= 0.3 is 0 Å². The van der Waals surface area contributed by atoms with Crippen LogP contribution in [-0.2, 0) is 9.59 Å². The molecule has 2 aromatic carbocycles. The lowest BCUT2D eigenvalue weighted by atomic mass is 10.0. The quantitative estimate of drug-likeness (QED) is 0.663. The zero-order chi connectivity index (χ0) is 21.3. The number of benzene rings is 2. The summed E-state index contributed by atoms with van der Waals surface area (Å²) in [6.07, 6.45) is 2.39. The first-order chi connectivity index (χ1) is 14.6. The molecule has 1 fully saturated rings. The number of anilines is 1. The first kappa shape index (κ1) is 21.4. The fourth-order valence-electron chi connectivity index (χ4n) is 3.92. The average molecular weight is 405 g/mol. The Morgan fingerprint density at radius 3 is 2.70 bits per heavy atom. The summed E-state index contributed by atoms with van der Waals surface area (Å²) in [6.45, 7) is 1.02. The molecule has 1 unspecified atom stereocenters. The van der Waals surface area contributed by atoms with Crippen molar-refractivity contribution in [2.45, 2.75) is 38.1 Å². The second kappa shape index (κ2) is 10.4. The Morgan fingerprint density at radius 2 is 1.97 bits per heavy atom. The van der Waals surface area contributed by atoms with Gasteiger partial charge in [0.2, 0.25) is 11.8 Å². The number of nitriles is 1. The topological polar surface area (TPSA) is 73.6 Å². The van der Waals surface area contributed by atoms with E-state index in [9.17, 15) is 9.59 Å². The number of carbonyl (C=O) groups excluding carboxylic acids is 2. The van der Waals surface area contributed by atoms with Crippen molar-refractivity contribution in [3.8, 4) is 11.8 Å². The van der Waals surface area contributed by atoms with Gasteiger partial charge in [0.1, 0.15) is 5.75 Å². The fourth-order valence-corrected chi connectivity index (χ4v) is 3.92. The normalized spacial score (nSPS) is 15.5. The molecule has 0 bridgehead atoms. The zero-order valence-electron chi connectivity index (χ0n) is 17.3. The third-order valence-corrected chi connectivity index (χ3v) is 5.42. The molecule has 1 saturated heterocycles. The van der Waals surface area contributed by atoms with E-state index in [2.05, 4.69) is 6.07 Å². The van der Waals surface area contributed by atoms with Gasteiger partial charge < -0.3 is 14.5 Å². The summed E-state index contributed by atoms with van der Waals surface area (Å²) >= 11 is 0. The van der Waals surface area contributed by atoms with Crippen LogP contribution in [0.15, 0.2) is 54.6 Å². The monoisotopic (exact) mass is 405 g/mol. The van der Waals surface area contributed by atoms with Crippen molar-refractivity contribution in [3.05, 3.63) is 60.2 Å². The number of para-hydroxylation sites is 1. The highest BCUT2D eigenvalue weighted by Crippen LogP contribution is 2.34. The first-order valence-corrected chi connectivity index (χ1v) is 10.3. The molecule has 0 spiro atoms. The summed E-state index contributed by atoms with van der Waals surface area (Å²) in [5.74, 6) is 0.627. The van der Waals surface area contributed by atoms with Crippen LogP contribution >= 0.6 is 0 Å². The molecule has 1 aliphatic heterocycles. The highest BCUT2D eigenvalue weighted by molar-refractivity contribution is 5.95. The lowest BCUT2D eigenvalue weighted by molar-refractivity contribution is -0.134. The summed E-state index contributed by atoms with van der Waals surface area (Å²) < 4.78 is 5.31. The molecule has 6 nitrogen and oxygen atoms in total. The van der Waals surface area contributed by atoms with Crippen LogP contribution in [0.2, 0.25) is 0 Å². The van der Waals surface area contributed by atoms with E-state index in [1.165, 1.54) is 0 Å². The zero-order valence-corrected chi connectivity index (χ0v) is 17.3. The van der Waals surface area contributed by atoms with Crippen LogP contribution < -0.4 is 9.64 Å². The molecule has 0 aliphatic carbocycles. The van der Waals surface area contributed by atoms with E-state index in [1.807, 2.05) is 59.5 Å². The molecular weight excluding hydrogens is 378 g/mol. The Kier molecular flexibility index (Phi) is 7.45. The largest absolute Gasteiger partial charge is 0.497 e. The van der Waals surface area contributed by atoms with Gasteiger partial charge in [-0.15, -0.1) is 0 Å². The number of rotatable bonds is 8. The Morgan fingerprint density at radius 1 is 1.17 bits per heavy atom. The summed E-state index contributed by atoms with van der Waals surface area (Å²) in [5, 5.41) is 8.92. The van der Waals surface area contributed by atoms with Gasteiger partial charge in [0.25, 0.3) is 0 Å². The maximum absolute atomic E-state index is 12.9. The number of hydrogen-bond donors (Lipinski definition) is 0. The Hall–Kier alpha value is -3.33. The lowest BCUT2D eigenvalue weighted by Crippen LogP contribution is -2.34. The van der Waals surface area contributed by atoms with Crippen LogP contribution in [0.25, 0.3) is 0 Å². The molecule has 156 valence electrons. The molecule has 1 heterocycles. The van der Waals surface area contributed by atoms with Crippen LogP contribution in [0.1, 0.15) is 43.7 Å². The summed E-state index contributed by atoms with van der Waals surface area (Å²) in [4.78, 5) is 29.2. The van der Waals surface area contributed by atoms with Crippen LogP contribution in [0.3, 0.4) is 0 Å². The Balaban J connectivity index is 1.64. The lowest BCUT2D eigenvalue weighted by Gasteiger charge is -2.26. The van der Waals surface area contributed by atoms with E-state index < -0.39 is 0 Å². The predicted molar refractivity (Wildman–Crippen MR) is 115 cm³/mol. The van der Waals surface area contributed by atoms with Crippen molar-refractivity contribution in [1.82, 2.24) is 4.90 Å². The van der Waals surface area contributed by atoms with Crippen molar-refractivity contribution in [1.29, 1.82) is 5.26 Å². The maximum atomic E-state index is 12.9. The van der Waals surface area contributed by atoms with Gasteiger partial charge in [-0.2, -0.15) is 5.26 Å². The van der Waals surface area contributed by atoms with Gasteiger partial charge in [-0.3, -0.25) is 9.59 Å². The highest BCUT2D eigenvalue weighted by atomic mass is 16.5. The van der Waals surface area contributed by atoms with E-state index >= 15 is 0 Å². The highest BCUT2D eigenvalue weighted by Gasteiger charge is 2.30. The number of ether oxygens (including phenoxy) is 1. The molecule has 0 N–H and O–H groups in total. The average Bonchev–Trinajstić information content (AvgIpc) is 3.28. The van der Waals surface area contributed by atoms with Crippen molar-refractivity contribution < 1.29 is 14.3 Å². The third-order valence-electron chi connectivity index (χ3n) is 5.42. The molecule has 0 radical (unpaired) electrons. The van der Waals surface area contributed by atoms with Crippen LogP contribution in [0.5, 0.6) is 5.75 Å². The molecule has 3 rings (SSSR count). The number of carbonyl (C=O) groups is 2. The Bertz CT molecular complexity index is 907. The van der Waals surface area contributed by atoms with Gasteiger partial charge in [0, 0.05) is 31.6 Å². The number of methoxy groups -OCH3 is 1. The van der Waals surface area contributed by atoms with Gasteiger partial charge in [0.15, 0.2) is 0 Å². The molecule has 1 atom stereocenters. The maximum Gasteiger partial charge on any atom is 0.227 e. The number of likely N-dealkylation sites (tertiary alicyclic amines) is 1. The van der Waals surface area contributed by atoms with Crippen molar-refractivity contribution in [2.75, 3.05) is 25.1 Å². The van der Waals surface area contributed by atoms with Crippen molar-refractivity contribution in [2.24, 2.45) is 0 Å². The smallest absolute Gasteiger partial charge is 0.227 e. The van der Waals surface area contributed by atoms with Crippen LogP contribution in [0.4, 0.5) is 5.69 Å². The van der Waals surface area contributed by atoms with Crippen molar-refractivity contribution >= 4 is 17.5 Å².